The predicted molar refractivity (Wildman–Crippen MR) is 58.7 cm³/mol. The second-order valence-corrected chi connectivity index (χ2v) is 4.89. The molecule has 17 heavy (non-hydrogen) atoms. The van der Waals surface area contributed by atoms with Crippen molar-refractivity contribution in [3.05, 3.63) is 35.5 Å². The smallest absolute Gasteiger partial charge is 0.282 e. The molecule has 0 fully saturated rings. The van der Waals surface area contributed by atoms with Crippen LogP contribution in [-0.2, 0) is 14.9 Å². The molecule has 1 aliphatic heterocycles. The normalized spacial score (nSPS) is 15.8. The van der Waals surface area contributed by atoms with Gasteiger partial charge in [0.15, 0.2) is 0 Å². The molecular weight excluding hydrogens is 244 g/mol. The van der Waals surface area contributed by atoms with Gasteiger partial charge in [0, 0.05) is 0 Å². The number of hydrogen-bond donors (Lipinski definition) is 1. The lowest BCUT2D eigenvalue weighted by Gasteiger charge is -2.03. The second-order valence-electron chi connectivity index (χ2n) is 3.47. The lowest BCUT2D eigenvalue weighted by Crippen LogP contribution is -2.01. The molecule has 0 aromatic heterocycles. The van der Waals surface area contributed by atoms with Crippen molar-refractivity contribution < 1.29 is 17.8 Å². The van der Waals surface area contributed by atoms with Gasteiger partial charge in [0.1, 0.15) is 0 Å². The monoisotopic (exact) mass is 252 g/mol. The molecule has 0 unspecified atom stereocenters. The first-order chi connectivity index (χ1) is 7.89. The molecule has 0 spiro atoms. The molecule has 6 nitrogen and oxygen atoms in total. The Bertz CT molecular complexity index is 659. The number of nitrogens with zero attached hydrogens (tertiary/aromatic N) is 2. The van der Waals surface area contributed by atoms with Crippen LogP contribution in [-0.4, -0.2) is 18.9 Å². The minimum atomic E-state index is -4.28. The van der Waals surface area contributed by atoms with Gasteiger partial charge >= 0.3 is 0 Å². The summed E-state index contributed by atoms with van der Waals surface area (Å²) in [5.74, 6) is -0.519. The van der Waals surface area contributed by atoms with E-state index in [-0.39, 0.29) is 10.5 Å². The predicted octanol–water partition coefficient (Wildman–Crippen LogP) is 1.66. The summed E-state index contributed by atoms with van der Waals surface area (Å²) < 4.78 is 30.9. The van der Waals surface area contributed by atoms with E-state index in [1.54, 1.807) is 13.0 Å². The number of rotatable bonds is 2. The first kappa shape index (κ1) is 11.6. The Morgan fingerprint density at radius 1 is 1.24 bits per heavy atom. The molecule has 0 atom stereocenters. The van der Waals surface area contributed by atoms with Crippen LogP contribution in [0.25, 0.3) is 5.57 Å². The summed E-state index contributed by atoms with van der Waals surface area (Å²) in [6.45, 7) is 1.60. The Morgan fingerprint density at radius 2 is 1.94 bits per heavy atom. The first-order valence-corrected chi connectivity index (χ1v) is 6.08. The van der Waals surface area contributed by atoms with Crippen molar-refractivity contribution in [2.45, 2.75) is 11.8 Å². The molecule has 0 saturated heterocycles. The number of carbonyl (C=O) groups is 1. The Labute approximate surface area is 97.4 Å². The highest BCUT2D eigenvalue weighted by Gasteiger charge is 2.21. The molecule has 1 heterocycles. The highest BCUT2D eigenvalue weighted by Crippen LogP contribution is 2.27. The Hall–Kier alpha value is -1.86. The van der Waals surface area contributed by atoms with E-state index in [0.717, 1.165) is 0 Å². The van der Waals surface area contributed by atoms with Crippen molar-refractivity contribution in [2.75, 3.05) is 0 Å². The number of amides is 1. The minimum absolute atomic E-state index is 0.246. The molecular formula is C10H8N2O4S. The molecule has 88 valence electrons. The topological polar surface area (TPSA) is 96.2 Å². The maximum Gasteiger partial charge on any atom is 0.297 e. The van der Waals surface area contributed by atoms with Crippen LogP contribution in [0.3, 0.4) is 0 Å². The van der Waals surface area contributed by atoms with Gasteiger partial charge in [-0.3, -0.25) is 9.35 Å². The molecule has 0 bridgehead atoms. The van der Waals surface area contributed by atoms with Gasteiger partial charge in [0.25, 0.3) is 16.0 Å². The van der Waals surface area contributed by atoms with Crippen LogP contribution in [0.2, 0.25) is 0 Å². The quantitative estimate of drug-likeness (QED) is 0.809. The average molecular weight is 252 g/mol. The standard InChI is InChI=1S/C10H8N2O4S/c1-6-9(10(13)12-11-6)7-3-2-4-8(5-7)17(14,15)16/h2-5H,1H3,(H,14,15,16). The zero-order chi connectivity index (χ0) is 12.6. The van der Waals surface area contributed by atoms with Gasteiger partial charge in [-0.25, -0.2) is 0 Å². The van der Waals surface area contributed by atoms with E-state index in [0.29, 0.717) is 11.3 Å². The highest BCUT2D eigenvalue weighted by molar-refractivity contribution is 7.85. The molecule has 1 N–H and O–H groups in total. The molecule has 1 aliphatic rings. The summed E-state index contributed by atoms with van der Waals surface area (Å²) in [6, 6.07) is 5.44. The largest absolute Gasteiger partial charge is 0.297 e. The van der Waals surface area contributed by atoms with Gasteiger partial charge in [0.2, 0.25) is 0 Å². The lowest BCUT2D eigenvalue weighted by molar-refractivity contribution is -0.112. The lowest BCUT2D eigenvalue weighted by atomic mass is 10.0. The van der Waals surface area contributed by atoms with Crippen molar-refractivity contribution in [3.8, 4) is 0 Å². The third-order valence-corrected chi connectivity index (χ3v) is 3.14. The summed E-state index contributed by atoms with van der Waals surface area (Å²) in [7, 11) is -4.28. The summed E-state index contributed by atoms with van der Waals surface area (Å²) in [6.07, 6.45) is 0. The molecule has 0 saturated carbocycles. The van der Waals surface area contributed by atoms with Gasteiger partial charge in [0.05, 0.1) is 16.2 Å². The van der Waals surface area contributed by atoms with Crippen molar-refractivity contribution in [1.29, 1.82) is 0 Å². The summed E-state index contributed by atoms with van der Waals surface area (Å²) >= 11 is 0. The van der Waals surface area contributed by atoms with E-state index < -0.39 is 16.0 Å². The number of allylic oxidation sites excluding steroid dienone is 1. The molecule has 7 heteroatoms. The van der Waals surface area contributed by atoms with Crippen LogP contribution < -0.4 is 0 Å². The zero-order valence-electron chi connectivity index (χ0n) is 8.78. The van der Waals surface area contributed by atoms with Crippen molar-refractivity contribution in [3.63, 3.8) is 0 Å². The third kappa shape index (κ3) is 2.15. The summed E-state index contributed by atoms with van der Waals surface area (Å²) in [4.78, 5) is 11.1. The number of azo groups is 1. The zero-order valence-corrected chi connectivity index (χ0v) is 9.60. The van der Waals surface area contributed by atoms with Gasteiger partial charge in [-0.15, -0.1) is 5.11 Å². The van der Waals surface area contributed by atoms with E-state index in [4.69, 9.17) is 4.55 Å². The maximum atomic E-state index is 11.4. The molecule has 1 amide bonds. The van der Waals surface area contributed by atoms with Crippen LogP contribution in [0.4, 0.5) is 0 Å². The van der Waals surface area contributed by atoms with E-state index in [2.05, 4.69) is 10.2 Å². The van der Waals surface area contributed by atoms with E-state index in [9.17, 15) is 13.2 Å². The number of hydrogen-bond acceptors (Lipinski definition) is 4. The molecule has 0 aliphatic carbocycles. The summed E-state index contributed by atoms with van der Waals surface area (Å²) in [5, 5.41) is 6.98. The fourth-order valence-electron chi connectivity index (χ4n) is 1.52. The van der Waals surface area contributed by atoms with Gasteiger partial charge in [-0.05, 0) is 24.6 Å². The highest BCUT2D eigenvalue weighted by atomic mass is 32.2. The van der Waals surface area contributed by atoms with Gasteiger partial charge in [-0.2, -0.15) is 13.5 Å². The fourth-order valence-corrected chi connectivity index (χ4v) is 2.05. The van der Waals surface area contributed by atoms with E-state index >= 15 is 0 Å². The number of carbonyl (C=O) groups excluding carboxylic acids is 1. The second kappa shape index (κ2) is 3.86. The Morgan fingerprint density at radius 3 is 2.47 bits per heavy atom. The van der Waals surface area contributed by atoms with Crippen LogP contribution in [0, 0.1) is 0 Å². The van der Waals surface area contributed by atoms with Crippen molar-refractivity contribution in [2.24, 2.45) is 10.2 Å². The number of benzene rings is 1. The minimum Gasteiger partial charge on any atom is -0.282 e. The molecule has 0 radical (unpaired) electrons. The van der Waals surface area contributed by atoms with Crippen LogP contribution in [0.1, 0.15) is 12.5 Å². The van der Waals surface area contributed by atoms with E-state index in [1.165, 1.54) is 18.2 Å². The average Bonchev–Trinajstić information content (AvgIpc) is 2.57. The van der Waals surface area contributed by atoms with E-state index in [1.807, 2.05) is 0 Å². The van der Waals surface area contributed by atoms with Crippen molar-refractivity contribution >= 4 is 21.6 Å². The maximum absolute atomic E-state index is 11.4. The molecule has 2 rings (SSSR count). The first-order valence-electron chi connectivity index (χ1n) is 4.64. The fraction of sp³-hybridized carbons (Fsp3) is 0.100. The van der Waals surface area contributed by atoms with Crippen molar-refractivity contribution in [1.82, 2.24) is 0 Å². The molecule has 1 aromatic carbocycles. The summed E-state index contributed by atoms with van der Waals surface area (Å²) in [5.41, 5.74) is 1.03. The van der Waals surface area contributed by atoms with Gasteiger partial charge in [-0.1, -0.05) is 12.1 Å². The Balaban J connectivity index is 2.57. The van der Waals surface area contributed by atoms with Crippen LogP contribution in [0.15, 0.2) is 45.1 Å². The SMILES string of the molecule is CC1=C(c2cccc(S(=O)(=O)O)c2)C(=O)N=N1. The molecule has 1 aromatic rings. The Kier molecular flexibility index (Phi) is 2.64. The third-order valence-electron chi connectivity index (χ3n) is 2.29. The van der Waals surface area contributed by atoms with Crippen LogP contribution >= 0.6 is 0 Å². The van der Waals surface area contributed by atoms with Crippen LogP contribution in [0.5, 0.6) is 0 Å². The van der Waals surface area contributed by atoms with Gasteiger partial charge < -0.3 is 0 Å².